The predicted molar refractivity (Wildman–Crippen MR) is 181 cm³/mol. The second-order valence-corrected chi connectivity index (χ2v) is 14.4. The van der Waals surface area contributed by atoms with Gasteiger partial charge in [0.15, 0.2) is 0 Å². The molecule has 0 radical (unpaired) electrons. The molecule has 1 N–H and O–H groups in total. The third-order valence-electron chi connectivity index (χ3n) is 7.90. The van der Waals surface area contributed by atoms with Gasteiger partial charge in [-0.3, -0.25) is 13.9 Å². The maximum Gasteiger partial charge on any atom is 0.243 e. The minimum Gasteiger partial charge on any atom is -0.495 e. The lowest BCUT2D eigenvalue weighted by Gasteiger charge is -2.33. The lowest BCUT2D eigenvalue weighted by Crippen LogP contribution is -2.52. The normalized spacial score (nSPS) is 14.2. The number of benzene rings is 3. The van der Waals surface area contributed by atoms with Crippen LogP contribution in [0.25, 0.3) is 0 Å². The van der Waals surface area contributed by atoms with Crippen molar-refractivity contribution in [3.8, 4) is 5.75 Å². The molecule has 242 valence electrons. The minimum absolute atomic E-state index is 0.0108. The summed E-state index contributed by atoms with van der Waals surface area (Å²) in [5.41, 5.74) is 1.91. The van der Waals surface area contributed by atoms with E-state index in [4.69, 9.17) is 39.5 Å². The van der Waals surface area contributed by atoms with Gasteiger partial charge in [0.2, 0.25) is 21.8 Å². The number of halogens is 3. The van der Waals surface area contributed by atoms with Crippen LogP contribution in [-0.2, 0) is 32.6 Å². The Balaban J connectivity index is 1.61. The topological polar surface area (TPSA) is 96.0 Å². The molecule has 1 fully saturated rings. The molecule has 4 rings (SSSR count). The van der Waals surface area contributed by atoms with Crippen LogP contribution in [0.15, 0.2) is 66.7 Å². The van der Waals surface area contributed by atoms with Crippen LogP contribution >= 0.6 is 34.8 Å². The first kappa shape index (κ1) is 34.9. The average molecular weight is 695 g/mol. The number of nitrogens with one attached hydrogen (secondary N) is 1. The minimum atomic E-state index is -3.70. The molecule has 0 saturated heterocycles. The number of hydrogen-bond acceptors (Lipinski definition) is 5. The summed E-state index contributed by atoms with van der Waals surface area (Å²) in [6.07, 6.45) is 5.49. The van der Waals surface area contributed by atoms with E-state index in [1.165, 1.54) is 17.5 Å². The number of methoxy groups -OCH3 is 1. The number of rotatable bonds is 14. The van der Waals surface area contributed by atoms with E-state index in [0.29, 0.717) is 33.5 Å². The number of carbonyl (C=O) groups excluding carboxylic acids is 2. The first-order valence-corrected chi connectivity index (χ1v) is 17.8. The highest BCUT2D eigenvalue weighted by atomic mass is 35.5. The lowest BCUT2D eigenvalue weighted by molar-refractivity contribution is -0.141. The maximum atomic E-state index is 14.1. The Morgan fingerprint density at radius 2 is 1.69 bits per heavy atom. The molecular weight excluding hydrogens is 657 g/mol. The molecule has 0 bridgehead atoms. The highest BCUT2D eigenvalue weighted by molar-refractivity contribution is 7.92. The molecular formula is C33H38Cl3N3O5S. The van der Waals surface area contributed by atoms with Gasteiger partial charge in [0.05, 0.1) is 24.1 Å². The molecule has 12 heteroatoms. The van der Waals surface area contributed by atoms with Crippen molar-refractivity contribution in [2.75, 3.05) is 24.2 Å². The van der Waals surface area contributed by atoms with Gasteiger partial charge in [-0.25, -0.2) is 8.42 Å². The van der Waals surface area contributed by atoms with Crippen LogP contribution in [0, 0.1) is 0 Å². The summed E-state index contributed by atoms with van der Waals surface area (Å²) < 4.78 is 31.9. The SMILES string of the molecule is COc1ccc(N(CCCC(=O)N(Cc2ccc(Cl)cc2Cl)[C@H](Cc2ccccc2)C(=O)NC2CCCC2)S(C)(=O)=O)cc1Cl. The van der Waals surface area contributed by atoms with Crippen molar-refractivity contribution >= 4 is 62.3 Å². The highest BCUT2D eigenvalue weighted by Crippen LogP contribution is 2.31. The van der Waals surface area contributed by atoms with E-state index < -0.39 is 16.1 Å². The van der Waals surface area contributed by atoms with Crippen molar-refractivity contribution in [1.29, 1.82) is 0 Å². The van der Waals surface area contributed by atoms with Gasteiger partial charge >= 0.3 is 0 Å². The predicted octanol–water partition coefficient (Wildman–Crippen LogP) is 6.90. The van der Waals surface area contributed by atoms with Crippen LogP contribution in [0.2, 0.25) is 15.1 Å². The van der Waals surface area contributed by atoms with Crippen molar-refractivity contribution in [2.45, 2.75) is 63.6 Å². The Morgan fingerprint density at radius 1 is 0.978 bits per heavy atom. The van der Waals surface area contributed by atoms with Crippen molar-refractivity contribution in [3.05, 3.63) is 92.9 Å². The number of hydrogen-bond donors (Lipinski definition) is 1. The molecule has 1 aliphatic carbocycles. The molecule has 0 unspecified atom stereocenters. The smallest absolute Gasteiger partial charge is 0.243 e. The third-order valence-corrected chi connectivity index (χ3v) is 9.98. The number of ether oxygens (including phenoxy) is 1. The van der Waals surface area contributed by atoms with E-state index in [1.54, 1.807) is 35.2 Å². The fourth-order valence-electron chi connectivity index (χ4n) is 5.57. The van der Waals surface area contributed by atoms with Crippen molar-refractivity contribution in [1.82, 2.24) is 10.2 Å². The summed E-state index contributed by atoms with van der Waals surface area (Å²) in [4.78, 5) is 29.5. The fraction of sp³-hybridized carbons (Fsp3) is 0.394. The van der Waals surface area contributed by atoms with Gasteiger partial charge in [-0.1, -0.05) is 84.0 Å². The zero-order chi connectivity index (χ0) is 32.6. The maximum absolute atomic E-state index is 14.1. The van der Waals surface area contributed by atoms with Gasteiger partial charge in [-0.05, 0) is 60.7 Å². The number of anilines is 1. The van der Waals surface area contributed by atoms with Crippen LogP contribution in [0.3, 0.4) is 0 Å². The van der Waals surface area contributed by atoms with Crippen LogP contribution in [0.4, 0.5) is 5.69 Å². The molecule has 0 aromatic heterocycles. The van der Waals surface area contributed by atoms with E-state index in [9.17, 15) is 18.0 Å². The molecule has 8 nitrogen and oxygen atoms in total. The summed E-state index contributed by atoms with van der Waals surface area (Å²) in [6.45, 7) is 0.106. The molecule has 1 atom stereocenters. The quantitative estimate of drug-likeness (QED) is 0.198. The van der Waals surface area contributed by atoms with Crippen LogP contribution in [-0.4, -0.2) is 57.1 Å². The van der Waals surface area contributed by atoms with Crippen LogP contribution in [0.1, 0.15) is 49.7 Å². The van der Waals surface area contributed by atoms with Gasteiger partial charge in [0.25, 0.3) is 0 Å². The Labute approximate surface area is 280 Å². The summed E-state index contributed by atoms with van der Waals surface area (Å²) in [5.74, 6) is -0.111. The number of carbonyl (C=O) groups is 2. The van der Waals surface area contributed by atoms with Crippen molar-refractivity contribution in [3.63, 3.8) is 0 Å². The summed E-state index contributed by atoms with van der Waals surface area (Å²) in [6, 6.07) is 18.6. The molecule has 3 aromatic rings. The van der Waals surface area contributed by atoms with Gasteiger partial charge < -0.3 is 15.0 Å². The summed E-state index contributed by atoms with van der Waals surface area (Å²) >= 11 is 19.0. The van der Waals surface area contributed by atoms with Crippen LogP contribution < -0.4 is 14.4 Å². The molecule has 2 amide bonds. The Kier molecular flexibility index (Phi) is 12.4. The molecule has 0 aliphatic heterocycles. The van der Waals surface area contributed by atoms with E-state index >= 15 is 0 Å². The number of sulfonamides is 1. The lowest BCUT2D eigenvalue weighted by atomic mass is 10.0. The number of amides is 2. The first-order chi connectivity index (χ1) is 21.5. The van der Waals surface area contributed by atoms with Gasteiger partial charge in [0, 0.05) is 42.0 Å². The average Bonchev–Trinajstić information content (AvgIpc) is 3.51. The molecule has 0 spiro atoms. The molecule has 0 heterocycles. The fourth-order valence-corrected chi connectivity index (χ4v) is 7.25. The van der Waals surface area contributed by atoms with Crippen molar-refractivity contribution < 1.29 is 22.7 Å². The summed E-state index contributed by atoms with van der Waals surface area (Å²) in [5, 5.41) is 4.29. The molecule has 45 heavy (non-hydrogen) atoms. The van der Waals surface area contributed by atoms with E-state index in [0.717, 1.165) is 37.5 Å². The largest absolute Gasteiger partial charge is 0.495 e. The highest BCUT2D eigenvalue weighted by Gasteiger charge is 2.32. The Hall–Kier alpha value is -2.98. The second-order valence-electron chi connectivity index (χ2n) is 11.2. The first-order valence-electron chi connectivity index (χ1n) is 14.8. The van der Waals surface area contributed by atoms with Crippen LogP contribution in [0.5, 0.6) is 5.75 Å². The molecule has 1 aliphatic rings. The number of nitrogens with zero attached hydrogens (tertiary/aromatic N) is 2. The van der Waals surface area contributed by atoms with Gasteiger partial charge in [0.1, 0.15) is 11.8 Å². The zero-order valence-corrected chi connectivity index (χ0v) is 28.4. The molecule has 1 saturated carbocycles. The van der Waals surface area contributed by atoms with E-state index in [2.05, 4.69) is 5.32 Å². The third kappa shape index (κ3) is 9.75. The van der Waals surface area contributed by atoms with Gasteiger partial charge in [-0.15, -0.1) is 0 Å². The second kappa shape index (κ2) is 16.0. The van der Waals surface area contributed by atoms with Crippen molar-refractivity contribution in [2.24, 2.45) is 0 Å². The standard InChI is InChI=1S/C33H38Cl3N3O5S/c1-44-31-17-16-27(21-29(31)36)39(45(2,42)43)18-8-13-32(40)38(22-24-14-15-25(34)20-28(24)35)30(19-23-9-4-3-5-10-23)33(41)37-26-11-6-7-12-26/h3-5,9-10,14-17,20-21,26,30H,6-8,11-13,18-19,22H2,1-2H3,(H,37,41)/t30-/m1/s1. The zero-order valence-electron chi connectivity index (χ0n) is 25.3. The summed E-state index contributed by atoms with van der Waals surface area (Å²) in [7, 11) is -2.22. The van der Waals surface area contributed by atoms with E-state index in [-0.39, 0.29) is 48.8 Å². The Bertz CT molecular complexity index is 1580. The molecule has 3 aromatic carbocycles. The van der Waals surface area contributed by atoms with E-state index in [1.807, 2.05) is 30.3 Å². The van der Waals surface area contributed by atoms with Gasteiger partial charge in [-0.2, -0.15) is 0 Å². The monoisotopic (exact) mass is 693 g/mol. The Morgan fingerprint density at radius 3 is 2.31 bits per heavy atom.